The average molecular weight is 193 g/mol. The predicted octanol–water partition coefficient (Wildman–Crippen LogP) is -0.350. The van der Waals surface area contributed by atoms with Crippen molar-refractivity contribution in [3.8, 4) is 0 Å². The van der Waals surface area contributed by atoms with Crippen LogP contribution >= 0.6 is 0 Å². The van der Waals surface area contributed by atoms with Gasteiger partial charge in [0.25, 0.3) is 0 Å². The van der Waals surface area contributed by atoms with Crippen LogP contribution in [0.4, 0.5) is 0 Å². The molecule has 5 heteroatoms. The zero-order valence-corrected chi connectivity index (χ0v) is 8.05. The van der Waals surface area contributed by atoms with E-state index in [0.29, 0.717) is 13.1 Å². The Kier molecular flexibility index (Phi) is 3.09. The quantitative estimate of drug-likeness (QED) is 0.652. The topological polar surface area (TPSA) is 57.6 Å². The Bertz CT molecular complexity index is 237. The number of piperidine rings is 1. The van der Waals surface area contributed by atoms with E-state index >= 15 is 0 Å². The van der Waals surface area contributed by atoms with Gasteiger partial charge in [0.2, 0.25) is 10.0 Å². The number of aliphatic hydroxyl groups is 1. The van der Waals surface area contributed by atoms with Crippen LogP contribution < -0.4 is 0 Å². The van der Waals surface area contributed by atoms with E-state index in [1.807, 2.05) is 0 Å². The summed E-state index contributed by atoms with van der Waals surface area (Å²) in [4.78, 5) is 0. The van der Waals surface area contributed by atoms with Crippen LogP contribution in [0.15, 0.2) is 0 Å². The van der Waals surface area contributed by atoms with Crippen LogP contribution in [0.5, 0.6) is 0 Å². The first-order valence-electron chi connectivity index (χ1n) is 4.10. The summed E-state index contributed by atoms with van der Waals surface area (Å²) in [5.41, 5.74) is 0. The molecule has 0 aromatic carbocycles. The molecule has 72 valence electrons. The molecule has 1 atom stereocenters. The highest BCUT2D eigenvalue weighted by Gasteiger charge is 2.24. The standard InChI is InChI=1S/C7H15NO3S/c1-12(10,11)8-4-2-3-7(5-8)6-9/h7,9H,2-6H2,1H3/t7-/m1/s1. The first-order valence-corrected chi connectivity index (χ1v) is 5.95. The summed E-state index contributed by atoms with van der Waals surface area (Å²) in [6, 6.07) is 0. The molecule has 0 aromatic rings. The lowest BCUT2D eigenvalue weighted by Gasteiger charge is -2.29. The Hall–Kier alpha value is -0.130. The zero-order valence-electron chi connectivity index (χ0n) is 7.23. The molecule has 1 heterocycles. The molecule has 1 N–H and O–H groups in total. The fraction of sp³-hybridized carbons (Fsp3) is 1.00. The van der Waals surface area contributed by atoms with Gasteiger partial charge in [0, 0.05) is 19.7 Å². The van der Waals surface area contributed by atoms with Gasteiger partial charge < -0.3 is 5.11 Å². The lowest BCUT2D eigenvalue weighted by atomic mass is 10.0. The molecule has 1 aliphatic heterocycles. The average Bonchev–Trinajstić information content (AvgIpc) is 2.03. The summed E-state index contributed by atoms with van der Waals surface area (Å²) in [5, 5.41) is 8.85. The van der Waals surface area contributed by atoms with Crippen LogP contribution in [0.2, 0.25) is 0 Å². The Morgan fingerprint density at radius 2 is 2.25 bits per heavy atom. The van der Waals surface area contributed by atoms with Gasteiger partial charge in [-0.25, -0.2) is 12.7 Å². The van der Waals surface area contributed by atoms with Crippen molar-refractivity contribution in [3.63, 3.8) is 0 Å². The minimum absolute atomic E-state index is 0.0893. The van der Waals surface area contributed by atoms with Crippen molar-refractivity contribution >= 4 is 10.0 Å². The van der Waals surface area contributed by atoms with Crippen LogP contribution in [-0.4, -0.2) is 43.8 Å². The molecule has 1 aliphatic rings. The molecule has 0 aliphatic carbocycles. The van der Waals surface area contributed by atoms with Crippen LogP contribution in [0.25, 0.3) is 0 Å². The SMILES string of the molecule is CS(=O)(=O)N1CCC[C@@H](CO)C1. The van der Waals surface area contributed by atoms with E-state index < -0.39 is 10.0 Å². The maximum absolute atomic E-state index is 11.1. The van der Waals surface area contributed by atoms with Crippen LogP contribution in [-0.2, 0) is 10.0 Å². The van der Waals surface area contributed by atoms with Crippen molar-refractivity contribution in [3.05, 3.63) is 0 Å². The van der Waals surface area contributed by atoms with Gasteiger partial charge in [-0.05, 0) is 18.8 Å². The van der Waals surface area contributed by atoms with Crippen LogP contribution in [0.1, 0.15) is 12.8 Å². The third kappa shape index (κ3) is 2.43. The number of sulfonamides is 1. The van der Waals surface area contributed by atoms with E-state index in [2.05, 4.69) is 0 Å². The Morgan fingerprint density at radius 3 is 2.75 bits per heavy atom. The van der Waals surface area contributed by atoms with Gasteiger partial charge in [-0.1, -0.05) is 0 Å². The van der Waals surface area contributed by atoms with Gasteiger partial charge in [0.1, 0.15) is 0 Å². The van der Waals surface area contributed by atoms with Crippen molar-refractivity contribution in [2.24, 2.45) is 5.92 Å². The van der Waals surface area contributed by atoms with E-state index in [0.717, 1.165) is 12.8 Å². The molecule has 0 radical (unpaired) electrons. The van der Waals surface area contributed by atoms with Gasteiger partial charge in [-0.15, -0.1) is 0 Å². The van der Waals surface area contributed by atoms with Gasteiger partial charge in [0.15, 0.2) is 0 Å². The van der Waals surface area contributed by atoms with Gasteiger partial charge in [-0.2, -0.15) is 0 Å². The number of nitrogens with zero attached hydrogens (tertiary/aromatic N) is 1. The molecule has 4 nitrogen and oxygen atoms in total. The third-order valence-electron chi connectivity index (χ3n) is 2.21. The minimum atomic E-state index is -3.05. The normalized spacial score (nSPS) is 27.3. The molecule has 0 bridgehead atoms. The highest BCUT2D eigenvalue weighted by Crippen LogP contribution is 2.17. The summed E-state index contributed by atoms with van der Waals surface area (Å²) in [5.74, 6) is 0.133. The fourth-order valence-corrected chi connectivity index (χ4v) is 2.42. The molecule has 0 saturated carbocycles. The summed E-state index contributed by atoms with van der Waals surface area (Å²) >= 11 is 0. The smallest absolute Gasteiger partial charge is 0.211 e. The second-order valence-corrected chi connectivity index (χ2v) is 5.29. The predicted molar refractivity (Wildman–Crippen MR) is 46.2 cm³/mol. The lowest BCUT2D eigenvalue weighted by Crippen LogP contribution is -2.40. The van der Waals surface area contributed by atoms with Gasteiger partial charge in [0.05, 0.1) is 6.26 Å². The molecule has 1 fully saturated rings. The van der Waals surface area contributed by atoms with E-state index in [-0.39, 0.29) is 12.5 Å². The van der Waals surface area contributed by atoms with Crippen LogP contribution in [0.3, 0.4) is 0 Å². The van der Waals surface area contributed by atoms with Gasteiger partial charge >= 0.3 is 0 Å². The number of hydrogen-bond donors (Lipinski definition) is 1. The third-order valence-corrected chi connectivity index (χ3v) is 3.48. The zero-order chi connectivity index (χ0) is 9.19. The van der Waals surface area contributed by atoms with Crippen molar-refractivity contribution in [2.45, 2.75) is 12.8 Å². The van der Waals surface area contributed by atoms with E-state index in [4.69, 9.17) is 5.11 Å². The molecular formula is C7H15NO3S. The van der Waals surface area contributed by atoms with Crippen molar-refractivity contribution in [1.82, 2.24) is 4.31 Å². The summed E-state index contributed by atoms with van der Waals surface area (Å²) in [6.07, 6.45) is 3.01. The van der Waals surface area contributed by atoms with Crippen molar-refractivity contribution in [2.75, 3.05) is 26.0 Å². The minimum Gasteiger partial charge on any atom is -0.396 e. The molecule has 12 heavy (non-hydrogen) atoms. The molecule has 1 saturated heterocycles. The van der Waals surface area contributed by atoms with E-state index in [1.54, 1.807) is 0 Å². The number of hydrogen-bond acceptors (Lipinski definition) is 3. The first kappa shape index (κ1) is 9.95. The van der Waals surface area contributed by atoms with Crippen molar-refractivity contribution < 1.29 is 13.5 Å². The summed E-state index contributed by atoms with van der Waals surface area (Å²) in [7, 11) is -3.05. The molecule has 0 aromatic heterocycles. The molecule has 1 rings (SSSR count). The molecule has 0 spiro atoms. The maximum atomic E-state index is 11.1. The Morgan fingerprint density at radius 1 is 1.58 bits per heavy atom. The Balaban J connectivity index is 2.58. The van der Waals surface area contributed by atoms with E-state index in [1.165, 1.54) is 10.6 Å². The van der Waals surface area contributed by atoms with Crippen LogP contribution in [0, 0.1) is 5.92 Å². The summed E-state index contributed by atoms with van der Waals surface area (Å²) < 4.78 is 23.6. The number of rotatable bonds is 2. The summed E-state index contributed by atoms with van der Waals surface area (Å²) in [6.45, 7) is 1.18. The molecule has 0 amide bonds. The molecular weight excluding hydrogens is 178 g/mol. The molecule has 0 unspecified atom stereocenters. The van der Waals surface area contributed by atoms with E-state index in [9.17, 15) is 8.42 Å². The highest BCUT2D eigenvalue weighted by molar-refractivity contribution is 7.88. The monoisotopic (exact) mass is 193 g/mol. The largest absolute Gasteiger partial charge is 0.396 e. The van der Waals surface area contributed by atoms with Crippen molar-refractivity contribution in [1.29, 1.82) is 0 Å². The fourth-order valence-electron chi connectivity index (χ4n) is 1.48. The second kappa shape index (κ2) is 3.72. The lowest BCUT2D eigenvalue weighted by molar-refractivity contribution is 0.166. The Labute approximate surface area is 73.2 Å². The highest BCUT2D eigenvalue weighted by atomic mass is 32.2. The second-order valence-electron chi connectivity index (χ2n) is 3.31. The first-order chi connectivity index (χ1) is 5.54. The maximum Gasteiger partial charge on any atom is 0.211 e. The van der Waals surface area contributed by atoms with Gasteiger partial charge in [-0.3, -0.25) is 0 Å². The number of aliphatic hydroxyl groups excluding tert-OH is 1.